The Morgan fingerprint density at radius 3 is 2.30 bits per heavy atom. The number of amides is 2. The Morgan fingerprint density at radius 2 is 1.78 bits per heavy atom. The number of carbonyl (C=O) groups is 2. The predicted molar refractivity (Wildman–Crippen MR) is 104 cm³/mol. The van der Waals surface area contributed by atoms with Gasteiger partial charge in [0.05, 0.1) is 12.3 Å². The smallest absolute Gasteiger partial charge is 0.239 e. The number of nitrogens with zero attached hydrogens (tertiary/aromatic N) is 1. The molecule has 2 fully saturated rings. The van der Waals surface area contributed by atoms with E-state index in [4.69, 9.17) is 5.73 Å². The van der Waals surface area contributed by atoms with Gasteiger partial charge in [0.1, 0.15) is 0 Å². The van der Waals surface area contributed by atoms with Crippen LogP contribution in [0.25, 0.3) is 0 Å². The van der Waals surface area contributed by atoms with Crippen LogP contribution in [0.3, 0.4) is 0 Å². The van der Waals surface area contributed by atoms with E-state index in [-0.39, 0.29) is 30.3 Å². The lowest BCUT2D eigenvalue weighted by atomic mass is 9.81. The third kappa shape index (κ3) is 7.04. The fraction of sp³-hybridized carbons (Fsp3) is 0.889. The van der Waals surface area contributed by atoms with Crippen molar-refractivity contribution >= 4 is 21.8 Å². The first-order valence-corrected chi connectivity index (χ1v) is 11.8. The molecule has 0 bridgehead atoms. The fourth-order valence-corrected chi connectivity index (χ4v) is 4.33. The van der Waals surface area contributed by atoms with Crippen LogP contribution in [0.1, 0.15) is 57.8 Å². The Labute approximate surface area is 162 Å². The van der Waals surface area contributed by atoms with E-state index < -0.39 is 16.1 Å². The van der Waals surface area contributed by atoms with Gasteiger partial charge in [-0.05, 0) is 57.3 Å². The Hall–Kier alpha value is -1.19. The molecular formula is C18H34N4O4S. The van der Waals surface area contributed by atoms with Crippen LogP contribution in [0.5, 0.6) is 0 Å². The molecular weight excluding hydrogens is 368 g/mol. The van der Waals surface area contributed by atoms with Crippen LogP contribution in [0.2, 0.25) is 0 Å². The van der Waals surface area contributed by atoms with E-state index in [1.54, 1.807) is 0 Å². The van der Waals surface area contributed by atoms with E-state index in [1.165, 1.54) is 6.42 Å². The number of nitrogens with one attached hydrogen (secondary N) is 2. The van der Waals surface area contributed by atoms with Gasteiger partial charge in [0, 0.05) is 32.1 Å². The monoisotopic (exact) mass is 402 g/mol. The minimum atomic E-state index is -3.20. The topological polar surface area (TPSA) is 122 Å². The Kier molecular flexibility index (Phi) is 8.05. The van der Waals surface area contributed by atoms with Crippen LogP contribution in [-0.2, 0) is 19.6 Å². The van der Waals surface area contributed by atoms with E-state index in [2.05, 4.69) is 10.0 Å². The Bertz CT molecular complexity index is 613. The molecule has 0 aliphatic heterocycles. The molecule has 0 unspecified atom stereocenters. The Morgan fingerprint density at radius 1 is 1.15 bits per heavy atom. The summed E-state index contributed by atoms with van der Waals surface area (Å²) in [6.45, 7) is 0.268. The second kappa shape index (κ2) is 9.84. The number of hydrogen-bond donors (Lipinski definition) is 3. The molecule has 0 aromatic heterocycles. The maximum atomic E-state index is 12.5. The highest BCUT2D eigenvalue weighted by molar-refractivity contribution is 7.88. The molecule has 0 saturated heterocycles. The molecule has 0 aromatic rings. The van der Waals surface area contributed by atoms with Gasteiger partial charge in [-0.15, -0.1) is 0 Å². The van der Waals surface area contributed by atoms with Gasteiger partial charge in [-0.1, -0.05) is 0 Å². The van der Waals surface area contributed by atoms with Gasteiger partial charge in [-0.25, -0.2) is 13.1 Å². The maximum Gasteiger partial charge on any atom is 0.239 e. The van der Waals surface area contributed by atoms with Crippen molar-refractivity contribution in [3.05, 3.63) is 0 Å². The summed E-state index contributed by atoms with van der Waals surface area (Å²) in [6, 6.07) is 0.0222. The SMILES string of the molecule is CN(C(=O)[C@@H](N)C1CCC(NC(=O)CCCNS(C)(=O)=O)CC1)C1CCC1. The quantitative estimate of drug-likeness (QED) is 0.480. The van der Waals surface area contributed by atoms with Crippen molar-refractivity contribution in [3.8, 4) is 0 Å². The second-order valence-corrected chi connectivity index (χ2v) is 9.84. The molecule has 0 spiro atoms. The molecule has 9 heteroatoms. The van der Waals surface area contributed by atoms with E-state index in [9.17, 15) is 18.0 Å². The number of likely N-dealkylation sites (N-methyl/N-ethyl adjacent to an activating group) is 1. The molecule has 1 atom stereocenters. The van der Waals surface area contributed by atoms with Gasteiger partial charge in [0.15, 0.2) is 0 Å². The lowest BCUT2D eigenvalue weighted by molar-refractivity contribution is -0.136. The third-order valence-corrected chi connectivity index (χ3v) is 6.57. The molecule has 0 radical (unpaired) electrons. The largest absolute Gasteiger partial charge is 0.353 e. The lowest BCUT2D eigenvalue weighted by Crippen LogP contribution is -2.52. The van der Waals surface area contributed by atoms with Gasteiger partial charge >= 0.3 is 0 Å². The predicted octanol–water partition coefficient (Wildman–Crippen LogP) is 0.329. The summed E-state index contributed by atoms with van der Waals surface area (Å²) in [6.07, 6.45) is 8.54. The van der Waals surface area contributed by atoms with E-state index in [1.807, 2.05) is 11.9 Å². The van der Waals surface area contributed by atoms with Crippen LogP contribution in [0.15, 0.2) is 0 Å². The summed E-state index contributed by atoms with van der Waals surface area (Å²) >= 11 is 0. The van der Waals surface area contributed by atoms with Gasteiger partial charge in [0.25, 0.3) is 0 Å². The van der Waals surface area contributed by atoms with Gasteiger partial charge in [-0.3, -0.25) is 9.59 Å². The number of hydrogen-bond acceptors (Lipinski definition) is 5. The molecule has 27 heavy (non-hydrogen) atoms. The molecule has 2 saturated carbocycles. The van der Waals surface area contributed by atoms with Crippen molar-refractivity contribution in [1.82, 2.24) is 14.9 Å². The van der Waals surface area contributed by atoms with Crippen molar-refractivity contribution < 1.29 is 18.0 Å². The van der Waals surface area contributed by atoms with E-state index >= 15 is 0 Å². The highest BCUT2D eigenvalue weighted by Crippen LogP contribution is 2.29. The van der Waals surface area contributed by atoms with E-state index in [0.29, 0.717) is 18.9 Å². The minimum Gasteiger partial charge on any atom is -0.353 e. The Balaban J connectivity index is 1.65. The fourth-order valence-electron chi connectivity index (χ4n) is 3.82. The van der Waals surface area contributed by atoms with Crippen LogP contribution < -0.4 is 15.8 Å². The summed E-state index contributed by atoms with van der Waals surface area (Å²) in [7, 11) is -1.35. The molecule has 156 valence electrons. The van der Waals surface area contributed by atoms with Gasteiger partial charge in [-0.2, -0.15) is 0 Å². The van der Waals surface area contributed by atoms with Gasteiger partial charge < -0.3 is 16.0 Å². The summed E-state index contributed by atoms with van der Waals surface area (Å²) in [5, 5.41) is 3.01. The minimum absolute atomic E-state index is 0.0468. The second-order valence-electron chi connectivity index (χ2n) is 8.01. The third-order valence-electron chi connectivity index (χ3n) is 5.84. The molecule has 2 aliphatic carbocycles. The average molecular weight is 403 g/mol. The van der Waals surface area contributed by atoms with Crippen LogP contribution in [0, 0.1) is 5.92 Å². The summed E-state index contributed by atoms with van der Waals surface area (Å²) in [5.74, 6) is 0.163. The number of nitrogens with two attached hydrogens (primary N) is 1. The van der Waals surface area contributed by atoms with Crippen LogP contribution in [0.4, 0.5) is 0 Å². The molecule has 4 N–H and O–H groups in total. The van der Waals surface area contributed by atoms with Crippen molar-refractivity contribution in [2.24, 2.45) is 11.7 Å². The molecule has 8 nitrogen and oxygen atoms in total. The highest BCUT2D eigenvalue weighted by Gasteiger charge is 2.34. The lowest BCUT2D eigenvalue weighted by Gasteiger charge is -2.38. The average Bonchev–Trinajstić information content (AvgIpc) is 2.55. The first-order chi connectivity index (χ1) is 12.7. The zero-order chi connectivity index (χ0) is 20.0. The normalized spacial score (nSPS) is 24.7. The standard InChI is InChI=1S/C18H34N4O4S/c1-22(15-5-3-6-15)18(24)17(19)13-8-10-14(11-9-13)21-16(23)7-4-12-20-27(2,25)26/h13-15,17,20H,3-12,19H2,1-2H3,(H,21,23)/t13?,14?,17-/m0/s1. The molecule has 2 aliphatic rings. The van der Waals surface area contributed by atoms with Crippen LogP contribution in [-0.4, -0.2) is 63.1 Å². The van der Waals surface area contributed by atoms with Crippen molar-refractivity contribution in [3.63, 3.8) is 0 Å². The van der Waals surface area contributed by atoms with Crippen molar-refractivity contribution in [1.29, 1.82) is 0 Å². The van der Waals surface area contributed by atoms with Crippen molar-refractivity contribution in [2.75, 3.05) is 19.8 Å². The first kappa shape index (κ1) is 22.1. The van der Waals surface area contributed by atoms with Crippen LogP contribution >= 0.6 is 0 Å². The zero-order valence-electron chi connectivity index (χ0n) is 16.4. The first-order valence-electron chi connectivity index (χ1n) is 9.93. The molecule has 2 rings (SSSR count). The number of sulfonamides is 1. The molecule has 0 aromatic carbocycles. The molecule has 0 heterocycles. The van der Waals surface area contributed by atoms with Gasteiger partial charge in [0.2, 0.25) is 21.8 Å². The van der Waals surface area contributed by atoms with Crippen molar-refractivity contribution in [2.45, 2.75) is 75.9 Å². The summed E-state index contributed by atoms with van der Waals surface area (Å²) in [5.41, 5.74) is 6.24. The maximum absolute atomic E-state index is 12.5. The number of carbonyl (C=O) groups excluding carboxylic acids is 2. The van der Waals surface area contributed by atoms with E-state index in [0.717, 1.165) is 44.8 Å². The highest BCUT2D eigenvalue weighted by atomic mass is 32.2. The summed E-state index contributed by atoms with van der Waals surface area (Å²) < 4.78 is 24.3. The zero-order valence-corrected chi connectivity index (χ0v) is 17.3. The number of rotatable bonds is 9. The summed E-state index contributed by atoms with van der Waals surface area (Å²) in [4.78, 5) is 26.4. The molecule has 2 amide bonds.